The Morgan fingerprint density at radius 3 is 2.82 bits per heavy atom. The van der Waals surface area contributed by atoms with E-state index in [1.165, 1.54) is 0 Å². The van der Waals surface area contributed by atoms with Gasteiger partial charge in [-0.3, -0.25) is 0 Å². The second kappa shape index (κ2) is 3.14. The highest BCUT2D eigenvalue weighted by Crippen LogP contribution is 2.32. The van der Waals surface area contributed by atoms with Crippen molar-refractivity contribution in [2.75, 3.05) is 13.2 Å². The van der Waals surface area contributed by atoms with Crippen molar-refractivity contribution in [1.82, 2.24) is 0 Å². The first kappa shape index (κ1) is 8.41. The monoisotopic (exact) mass is 161 g/mol. The third kappa shape index (κ3) is 1.87. The number of halogens is 2. The van der Waals surface area contributed by atoms with Crippen LogP contribution in [0.1, 0.15) is 12.8 Å². The van der Waals surface area contributed by atoms with Gasteiger partial charge in [-0.25, -0.2) is 8.78 Å². The minimum Gasteiger partial charge on any atom is -0.381 e. The van der Waals surface area contributed by atoms with Crippen molar-refractivity contribution in [1.29, 1.82) is 5.26 Å². The Morgan fingerprint density at radius 2 is 2.18 bits per heavy atom. The number of rotatable bonds is 0. The first-order chi connectivity index (χ1) is 5.17. The lowest BCUT2D eigenvalue weighted by atomic mass is 9.98. The molecule has 1 aliphatic rings. The summed E-state index contributed by atoms with van der Waals surface area (Å²) in [6, 6.07) is 1.60. The number of alkyl halides is 2. The quantitative estimate of drug-likeness (QED) is 0.540. The third-order valence-corrected chi connectivity index (χ3v) is 1.80. The highest BCUT2D eigenvalue weighted by atomic mass is 19.3. The van der Waals surface area contributed by atoms with E-state index in [0.717, 1.165) is 0 Å². The molecule has 11 heavy (non-hydrogen) atoms. The molecular weight excluding hydrogens is 152 g/mol. The molecule has 1 saturated heterocycles. The van der Waals surface area contributed by atoms with Gasteiger partial charge in [-0.1, -0.05) is 0 Å². The smallest absolute Gasteiger partial charge is 0.265 e. The molecular formula is C7H9F2NO. The van der Waals surface area contributed by atoms with Crippen LogP contribution in [-0.4, -0.2) is 19.1 Å². The van der Waals surface area contributed by atoms with E-state index in [1.807, 2.05) is 0 Å². The Morgan fingerprint density at radius 1 is 1.45 bits per heavy atom. The molecule has 0 radical (unpaired) electrons. The second-order valence-electron chi connectivity index (χ2n) is 2.59. The van der Waals surface area contributed by atoms with Crippen LogP contribution in [-0.2, 0) is 4.74 Å². The Kier molecular flexibility index (Phi) is 2.40. The van der Waals surface area contributed by atoms with Crippen molar-refractivity contribution in [3.8, 4) is 6.07 Å². The third-order valence-electron chi connectivity index (χ3n) is 1.80. The maximum atomic E-state index is 12.8. The van der Waals surface area contributed by atoms with E-state index < -0.39 is 11.8 Å². The second-order valence-corrected chi connectivity index (χ2v) is 2.59. The molecule has 62 valence electrons. The standard InChI is InChI=1S/C7H9F2NO/c8-7(9)2-4-11-3-1-6(7)5-10/h6H,1-4H2. The molecule has 0 bridgehead atoms. The molecule has 1 unspecified atom stereocenters. The Labute approximate surface area is 63.8 Å². The number of nitriles is 1. The summed E-state index contributed by atoms with van der Waals surface area (Å²) in [5.41, 5.74) is 0. The summed E-state index contributed by atoms with van der Waals surface area (Å²) in [6.45, 7) is 0.332. The molecule has 0 aromatic heterocycles. The lowest BCUT2D eigenvalue weighted by Crippen LogP contribution is -2.26. The summed E-state index contributed by atoms with van der Waals surface area (Å²) in [5, 5.41) is 8.37. The highest BCUT2D eigenvalue weighted by Gasteiger charge is 2.40. The molecule has 0 aromatic rings. The van der Waals surface area contributed by atoms with Gasteiger partial charge in [0.1, 0.15) is 5.92 Å². The van der Waals surface area contributed by atoms with Crippen molar-refractivity contribution in [3.05, 3.63) is 0 Å². The van der Waals surface area contributed by atoms with E-state index in [0.29, 0.717) is 0 Å². The zero-order valence-corrected chi connectivity index (χ0v) is 6.02. The highest BCUT2D eigenvalue weighted by molar-refractivity contribution is 4.94. The van der Waals surface area contributed by atoms with Gasteiger partial charge >= 0.3 is 0 Å². The van der Waals surface area contributed by atoms with E-state index in [4.69, 9.17) is 10.00 Å². The van der Waals surface area contributed by atoms with Gasteiger partial charge in [-0.05, 0) is 6.42 Å². The van der Waals surface area contributed by atoms with Crippen molar-refractivity contribution < 1.29 is 13.5 Å². The van der Waals surface area contributed by atoms with E-state index in [9.17, 15) is 8.78 Å². The van der Waals surface area contributed by atoms with Crippen molar-refractivity contribution in [3.63, 3.8) is 0 Å². The topological polar surface area (TPSA) is 33.0 Å². The van der Waals surface area contributed by atoms with Crippen molar-refractivity contribution >= 4 is 0 Å². The van der Waals surface area contributed by atoms with Crippen LogP contribution in [0.25, 0.3) is 0 Å². The number of hydrogen-bond acceptors (Lipinski definition) is 2. The number of ether oxygens (including phenoxy) is 1. The van der Waals surface area contributed by atoms with E-state index in [2.05, 4.69) is 0 Å². The molecule has 2 nitrogen and oxygen atoms in total. The fraction of sp³-hybridized carbons (Fsp3) is 0.857. The largest absolute Gasteiger partial charge is 0.381 e. The lowest BCUT2D eigenvalue weighted by molar-refractivity contribution is -0.0442. The van der Waals surface area contributed by atoms with Gasteiger partial charge in [0, 0.05) is 13.0 Å². The molecule has 4 heteroatoms. The summed E-state index contributed by atoms with van der Waals surface area (Å²) in [4.78, 5) is 0. The minimum absolute atomic E-state index is 0.0607. The normalized spacial score (nSPS) is 30.5. The van der Waals surface area contributed by atoms with Gasteiger partial charge in [-0.2, -0.15) is 5.26 Å². The summed E-state index contributed by atoms with van der Waals surface area (Å²) in [5.74, 6) is -4.02. The molecule has 1 rings (SSSR count). The van der Waals surface area contributed by atoms with Gasteiger partial charge < -0.3 is 4.74 Å². The molecule has 1 aliphatic heterocycles. The van der Waals surface area contributed by atoms with Crippen LogP contribution >= 0.6 is 0 Å². The van der Waals surface area contributed by atoms with Crippen LogP contribution < -0.4 is 0 Å². The Bertz CT molecular complexity index is 176. The summed E-state index contributed by atoms with van der Waals surface area (Å²) in [6.07, 6.45) is -0.186. The molecule has 0 saturated carbocycles. The SMILES string of the molecule is N#CC1CCOCCC1(F)F. The maximum Gasteiger partial charge on any atom is 0.265 e. The predicted octanol–water partition coefficient (Wildman–Crippen LogP) is 1.57. The Balaban J connectivity index is 2.65. The molecule has 0 amide bonds. The van der Waals surface area contributed by atoms with E-state index >= 15 is 0 Å². The lowest BCUT2D eigenvalue weighted by Gasteiger charge is -2.16. The maximum absolute atomic E-state index is 12.8. The number of nitrogens with zero attached hydrogens (tertiary/aromatic N) is 1. The minimum atomic E-state index is -2.86. The molecule has 1 heterocycles. The zero-order chi connectivity index (χ0) is 8.32. The molecule has 1 atom stereocenters. The fourth-order valence-electron chi connectivity index (χ4n) is 1.06. The van der Waals surface area contributed by atoms with Crippen molar-refractivity contribution in [2.45, 2.75) is 18.8 Å². The molecule has 0 aromatic carbocycles. The molecule has 0 N–H and O–H groups in total. The predicted molar refractivity (Wildman–Crippen MR) is 34.1 cm³/mol. The van der Waals surface area contributed by atoms with Crippen LogP contribution in [0.15, 0.2) is 0 Å². The molecule has 0 spiro atoms. The van der Waals surface area contributed by atoms with Crippen LogP contribution in [0.4, 0.5) is 8.78 Å². The van der Waals surface area contributed by atoms with Crippen molar-refractivity contribution in [2.24, 2.45) is 5.92 Å². The van der Waals surface area contributed by atoms with Crippen LogP contribution in [0, 0.1) is 17.2 Å². The fourth-order valence-corrected chi connectivity index (χ4v) is 1.06. The van der Waals surface area contributed by atoms with Gasteiger partial charge in [0.05, 0.1) is 12.7 Å². The van der Waals surface area contributed by atoms with Gasteiger partial charge in [0.25, 0.3) is 5.92 Å². The van der Waals surface area contributed by atoms with Gasteiger partial charge in [0.15, 0.2) is 0 Å². The summed E-state index contributed by atoms with van der Waals surface area (Å²) >= 11 is 0. The van der Waals surface area contributed by atoms with Crippen LogP contribution in [0.3, 0.4) is 0 Å². The van der Waals surface area contributed by atoms with Crippen LogP contribution in [0.2, 0.25) is 0 Å². The van der Waals surface area contributed by atoms with Crippen LogP contribution in [0.5, 0.6) is 0 Å². The summed E-state index contributed by atoms with van der Waals surface area (Å²) in [7, 11) is 0. The average molecular weight is 161 g/mol. The molecule has 0 aliphatic carbocycles. The first-order valence-electron chi connectivity index (χ1n) is 3.52. The Hall–Kier alpha value is -0.690. The zero-order valence-electron chi connectivity index (χ0n) is 6.02. The number of hydrogen-bond donors (Lipinski definition) is 0. The van der Waals surface area contributed by atoms with E-state index in [1.54, 1.807) is 6.07 Å². The first-order valence-corrected chi connectivity index (χ1v) is 3.52. The van der Waals surface area contributed by atoms with E-state index in [-0.39, 0.29) is 26.1 Å². The van der Waals surface area contributed by atoms with Gasteiger partial charge in [-0.15, -0.1) is 0 Å². The average Bonchev–Trinajstić information content (AvgIpc) is 2.10. The summed E-state index contributed by atoms with van der Waals surface area (Å²) < 4.78 is 30.5. The molecule has 1 fully saturated rings. The van der Waals surface area contributed by atoms with Gasteiger partial charge in [0.2, 0.25) is 0 Å².